The van der Waals surface area contributed by atoms with E-state index in [4.69, 9.17) is 28.6 Å². The van der Waals surface area contributed by atoms with Crippen molar-refractivity contribution in [3.63, 3.8) is 0 Å². The summed E-state index contributed by atoms with van der Waals surface area (Å²) in [7, 11) is 0. The molecule has 3 aromatic rings. The molecule has 2 aromatic heterocycles. The van der Waals surface area contributed by atoms with Crippen LogP contribution in [0, 0.1) is 0 Å². The van der Waals surface area contributed by atoms with Crippen molar-refractivity contribution in [2.24, 2.45) is 0 Å². The number of carbonyl (C=O) groups excluding carboxylic acids is 1. The van der Waals surface area contributed by atoms with Crippen molar-refractivity contribution in [2.45, 2.75) is 13.3 Å². The van der Waals surface area contributed by atoms with Gasteiger partial charge in [-0.25, -0.2) is 9.78 Å². The third-order valence-electron chi connectivity index (χ3n) is 3.70. The fourth-order valence-corrected chi connectivity index (χ4v) is 3.95. The third-order valence-corrected chi connectivity index (χ3v) is 5.17. The van der Waals surface area contributed by atoms with Crippen LogP contribution in [0.15, 0.2) is 54.7 Å². The van der Waals surface area contributed by atoms with Gasteiger partial charge in [-0.05, 0) is 42.9 Å². The summed E-state index contributed by atoms with van der Waals surface area (Å²) < 4.78 is 5.18. The molecule has 0 spiro atoms. The van der Waals surface area contributed by atoms with Crippen LogP contribution < -0.4 is 10.6 Å². The largest absolute Gasteiger partial charge is 0.462 e. The summed E-state index contributed by atoms with van der Waals surface area (Å²) in [4.78, 5) is 17.5. The lowest BCUT2D eigenvalue weighted by Crippen LogP contribution is -2.20. The van der Waals surface area contributed by atoms with Crippen LogP contribution >= 0.6 is 35.2 Å². The second-order valence-corrected chi connectivity index (χ2v) is 7.76. The number of halogens is 1. The molecule has 0 aliphatic heterocycles. The molecule has 8 heteroatoms. The van der Waals surface area contributed by atoms with Gasteiger partial charge in [-0.2, -0.15) is 0 Å². The van der Waals surface area contributed by atoms with Crippen molar-refractivity contribution in [1.82, 2.24) is 4.98 Å². The van der Waals surface area contributed by atoms with Gasteiger partial charge in [0, 0.05) is 17.5 Å². The Balaban J connectivity index is 1.78. The lowest BCUT2D eigenvalue weighted by atomic mass is 10.1. The van der Waals surface area contributed by atoms with Crippen LogP contribution in [0.2, 0.25) is 5.02 Å². The van der Waals surface area contributed by atoms with E-state index in [1.807, 2.05) is 24.3 Å². The van der Waals surface area contributed by atoms with E-state index >= 15 is 0 Å². The summed E-state index contributed by atoms with van der Waals surface area (Å²) >= 11 is 12.7. The predicted molar refractivity (Wildman–Crippen MR) is 119 cm³/mol. The van der Waals surface area contributed by atoms with Crippen molar-refractivity contribution in [2.75, 3.05) is 17.2 Å². The van der Waals surface area contributed by atoms with E-state index in [1.165, 1.54) is 17.5 Å². The van der Waals surface area contributed by atoms with Crippen LogP contribution in [0.4, 0.5) is 10.8 Å². The minimum Gasteiger partial charge on any atom is -0.462 e. The Morgan fingerprint density at radius 3 is 2.68 bits per heavy atom. The lowest BCUT2D eigenvalue weighted by molar-refractivity contribution is 0.0528. The molecule has 0 unspecified atom stereocenters. The van der Waals surface area contributed by atoms with Gasteiger partial charge in [-0.15, -0.1) is 11.3 Å². The quantitative estimate of drug-likeness (QED) is 0.404. The zero-order valence-corrected chi connectivity index (χ0v) is 17.5. The van der Waals surface area contributed by atoms with Crippen LogP contribution in [0.1, 0.15) is 27.7 Å². The first-order valence-corrected chi connectivity index (χ1v) is 10.2. The van der Waals surface area contributed by atoms with E-state index in [2.05, 4.69) is 27.8 Å². The van der Waals surface area contributed by atoms with Crippen LogP contribution in [0.3, 0.4) is 0 Å². The van der Waals surface area contributed by atoms with E-state index in [-0.39, 0.29) is 5.97 Å². The summed E-state index contributed by atoms with van der Waals surface area (Å²) in [6, 6.07) is 15.3. The van der Waals surface area contributed by atoms with Gasteiger partial charge in [0.2, 0.25) is 0 Å². The highest BCUT2D eigenvalue weighted by Gasteiger charge is 2.18. The Kier molecular flexibility index (Phi) is 6.97. The number of anilines is 2. The number of carbonyl (C=O) groups is 1. The maximum absolute atomic E-state index is 12.4. The van der Waals surface area contributed by atoms with Crippen LogP contribution in [-0.4, -0.2) is 22.7 Å². The maximum Gasteiger partial charge on any atom is 0.341 e. The molecule has 144 valence electrons. The summed E-state index contributed by atoms with van der Waals surface area (Å²) in [6.07, 6.45) is 2.25. The van der Waals surface area contributed by atoms with Crippen LogP contribution in [-0.2, 0) is 11.2 Å². The predicted octanol–water partition coefficient (Wildman–Crippen LogP) is 5.37. The first-order chi connectivity index (χ1) is 13.5. The van der Waals surface area contributed by atoms with Gasteiger partial charge in [0.25, 0.3) is 0 Å². The minimum absolute atomic E-state index is 0.305. The van der Waals surface area contributed by atoms with Crippen molar-refractivity contribution >= 4 is 57.1 Å². The van der Waals surface area contributed by atoms with Crippen LogP contribution in [0.25, 0.3) is 0 Å². The molecule has 0 saturated carbocycles. The number of thiophene rings is 1. The number of rotatable bonds is 6. The van der Waals surface area contributed by atoms with Crippen molar-refractivity contribution in [1.29, 1.82) is 0 Å². The zero-order valence-electron chi connectivity index (χ0n) is 15.1. The molecule has 2 heterocycles. The van der Waals surface area contributed by atoms with E-state index in [9.17, 15) is 4.79 Å². The van der Waals surface area contributed by atoms with E-state index < -0.39 is 0 Å². The number of thiocarbonyl (C=S) groups is 1. The third kappa shape index (κ3) is 5.51. The smallest absolute Gasteiger partial charge is 0.341 e. The summed E-state index contributed by atoms with van der Waals surface area (Å²) in [6.45, 7) is 2.08. The number of ether oxygens (including phenoxy) is 1. The number of aromatic nitrogens is 1. The highest BCUT2D eigenvalue weighted by atomic mass is 35.5. The molecule has 1 aromatic carbocycles. The highest BCUT2D eigenvalue weighted by Crippen LogP contribution is 2.31. The lowest BCUT2D eigenvalue weighted by Gasteiger charge is -2.10. The second-order valence-electron chi connectivity index (χ2n) is 5.78. The SMILES string of the molecule is CCOC(=O)c1cc(Cc2ccccc2)sc1NC(=S)Nc1ccc(Cl)cn1. The average Bonchev–Trinajstić information content (AvgIpc) is 3.06. The Bertz CT molecular complexity index is 959. The summed E-state index contributed by atoms with van der Waals surface area (Å²) in [5.41, 5.74) is 1.63. The molecule has 0 amide bonds. The first kappa shape index (κ1) is 20.3. The fourth-order valence-electron chi connectivity index (χ4n) is 2.48. The molecule has 0 aliphatic rings. The molecule has 0 atom stereocenters. The van der Waals surface area contributed by atoms with Crippen molar-refractivity contribution in [3.05, 3.63) is 75.8 Å². The van der Waals surface area contributed by atoms with Gasteiger partial charge in [0.1, 0.15) is 10.8 Å². The molecule has 0 fully saturated rings. The first-order valence-electron chi connectivity index (χ1n) is 8.58. The molecule has 28 heavy (non-hydrogen) atoms. The normalized spacial score (nSPS) is 10.4. The number of nitrogens with zero attached hydrogens (tertiary/aromatic N) is 1. The Labute approximate surface area is 177 Å². The zero-order chi connectivity index (χ0) is 19.9. The van der Waals surface area contributed by atoms with E-state index in [1.54, 1.807) is 19.1 Å². The van der Waals surface area contributed by atoms with Gasteiger partial charge in [0.15, 0.2) is 5.11 Å². The molecule has 0 saturated heterocycles. The van der Waals surface area contributed by atoms with Gasteiger partial charge in [-0.1, -0.05) is 41.9 Å². The van der Waals surface area contributed by atoms with Gasteiger partial charge < -0.3 is 15.4 Å². The number of nitrogens with one attached hydrogen (secondary N) is 2. The van der Waals surface area contributed by atoms with E-state index in [0.29, 0.717) is 33.1 Å². The molecule has 3 rings (SSSR count). The molecule has 0 bridgehead atoms. The van der Waals surface area contributed by atoms with Gasteiger partial charge >= 0.3 is 5.97 Å². The highest BCUT2D eigenvalue weighted by molar-refractivity contribution is 7.80. The Hall–Kier alpha value is -2.48. The van der Waals surface area contributed by atoms with Gasteiger partial charge in [0.05, 0.1) is 17.2 Å². The minimum atomic E-state index is -0.382. The number of esters is 1. The molecule has 0 aliphatic carbocycles. The van der Waals surface area contributed by atoms with E-state index in [0.717, 1.165) is 16.9 Å². The summed E-state index contributed by atoms with van der Waals surface area (Å²) in [5.74, 6) is 0.175. The molecule has 0 radical (unpaired) electrons. The number of hydrogen-bond donors (Lipinski definition) is 2. The molecular formula is C20H18ClN3O2S2. The molecule has 5 nitrogen and oxygen atoms in total. The number of pyridine rings is 1. The number of hydrogen-bond acceptors (Lipinski definition) is 5. The standard InChI is InChI=1S/C20H18ClN3O2S2/c1-2-26-19(25)16-11-15(10-13-6-4-3-5-7-13)28-18(16)24-20(27)23-17-9-8-14(21)12-22-17/h3-9,11-12H,2,10H2,1H3,(H2,22,23,24,27). The molecular weight excluding hydrogens is 414 g/mol. The second kappa shape index (κ2) is 9.64. The van der Waals surface area contributed by atoms with Gasteiger partial charge in [-0.3, -0.25) is 0 Å². The monoisotopic (exact) mass is 431 g/mol. The van der Waals surface area contributed by atoms with Crippen molar-refractivity contribution in [3.8, 4) is 0 Å². The average molecular weight is 432 g/mol. The van der Waals surface area contributed by atoms with Crippen molar-refractivity contribution < 1.29 is 9.53 Å². The molecule has 2 N–H and O–H groups in total. The fraction of sp³-hybridized carbons (Fsp3) is 0.150. The topological polar surface area (TPSA) is 63.2 Å². The number of benzene rings is 1. The Morgan fingerprint density at radius 2 is 2.00 bits per heavy atom. The van der Waals surface area contributed by atoms with Crippen LogP contribution in [0.5, 0.6) is 0 Å². The summed E-state index contributed by atoms with van der Waals surface area (Å²) in [5, 5.41) is 7.57. The Morgan fingerprint density at radius 1 is 1.21 bits per heavy atom. The maximum atomic E-state index is 12.4.